The Bertz CT molecular complexity index is 625. The first-order chi connectivity index (χ1) is 11.2. The number of nitrogens with one attached hydrogen (secondary N) is 1. The van der Waals surface area contributed by atoms with E-state index in [9.17, 15) is 4.79 Å². The van der Waals surface area contributed by atoms with Crippen LogP contribution in [-0.4, -0.2) is 31.4 Å². The third-order valence-corrected chi connectivity index (χ3v) is 3.32. The van der Waals surface area contributed by atoms with Gasteiger partial charge in [-0.1, -0.05) is 24.3 Å². The maximum atomic E-state index is 10.8. The third-order valence-electron chi connectivity index (χ3n) is 3.32. The first-order valence-electron chi connectivity index (χ1n) is 7.47. The molecule has 0 aromatic heterocycles. The van der Waals surface area contributed by atoms with Crippen molar-refractivity contribution in [2.45, 2.75) is 13.0 Å². The van der Waals surface area contributed by atoms with E-state index in [1.807, 2.05) is 24.3 Å². The molecule has 0 radical (unpaired) electrons. The van der Waals surface area contributed by atoms with Crippen molar-refractivity contribution in [3.63, 3.8) is 0 Å². The number of carboxylic acid groups (broad SMARTS) is 1. The molecule has 0 fully saturated rings. The number of ether oxygens (including phenoxy) is 2. The van der Waals surface area contributed by atoms with Crippen LogP contribution >= 0.6 is 0 Å². The molecule has 122 valence electrons. The Hall–Kier alpha value is -2.53. The summed E-state index contributed by atoms with van der Waals surface area (Å²) < 4.78 is 10.8. The van der Waals surface area contributed by atoms with Crippen LogP contribution in [0, 0.1) is 0 Å². The lowest BCUT2D eigenvalue weighted by atomic mass is 10.1. The summed E-state index contributed by atoms with van der Waals surface area (Å²) in [6, 6.07) is 14.6. The van der Waals surface area contributed by atoms with E-state index in [-0.39, 0.29) is 5.56 Å². The number of rotatable bonds is 9. The highest BCUT2D eigenvalue weighted by molar-refractivity contribution is 5.87. The average molecular weight is 315 g/mol. The lowest BCUT2D eigenvalue weighted by molar-refractivity contribution is 0.0697. The van der Waals surface area contributed by atoms with Crippen molar-refractivity contribution in [3.05, 3.63) is 59.7 Å². The summed E-state index contributed by atoms with van der Waals surface area (Å²) in [7, 11) is 1.67. The fourth-order valence-electron chi connectivity index (χ4n) is 2.09. The molecule has 2 rings (SSSR count). The molecule has 0 aliphatic rings. The van der Waals surface area contributed by atoms with Gasteiger partial charge < -0.3 is 19.9 Å². The van der Waals surface area contributed by atoms with Crippen LogP contribution in [0.4, 0.5) is 5.69 Å². The number of hydrogen-bond donors (Lipinski definition) is 2. The van der Waals surface area contributed by atoms with Crippen LogP contribution in [0.15, 0.2) is 48.5 Å². The summed E-state index contributed by atoms with van der Waals surface area (Å²) in [6.07, 6.45) is 0.835. The van der Waals surface area contributed by atoms with Gasteiger partial charge >= 0.3 is 5.97 Å². The summed E-state index contributed by atoms with van der Waals surface area (Å²) in [4.78, 5) is 10.8. The third kappa shape index (κ3) is 5.30. The molecule has 0 heterocycles. The Morgan fingerprint density at radius 2 is 1.83 bits per heavy atom. The average Bonchev–Trinajstić information content (AvgIpc) is 2.58. The highest BCUT2D eigenvalue weighted by Crippen LogP contribution is 2.24. The molecule has 0 saturated heterocycles. The van der Waals surface area contributed by atoms with Gasteiger partial charge in [0, 0.05) is 26.7 Å². The van der Waals surface area contributed by atoms with E-state index in [0.29, 0.717) is 19.8 Å². The minimum Gasteiger partial charge on any atom is -0.491 e. The Labute approximate surface area is 135 Å². The van der Waals surface area contributed by atoms with Gasteiger partial charge in [-0.25, -0.2) is 4.79 Å². The quantitative estimate of drug-likeness (QED) is 0.694. The molecule has 5 nitrogen and oxygen atoms in total. The number of carbonyl (C=O) groups is 1. The van der Waals surface area contributed by atoms with Crippen LogP contribution in [0.25, 0.3) is 0 Å². The predicted molar refractivity (Wildman–Crippen MR) is 89.2 cm³/mol. The smallest absolute Gasteiger partial charge is 0.335 e. The summed E-state index contributed by atoms with van der Waals surface area (Å²) in [5, 5.41) is 12.2. The second-order valence-corrected chi connectivity index (χ2v) is 5.05. The van der Waals surface area contributed by atoms with E-state index in [1.165, 1.54) is 0 Å². The SMILES string of the molecule is COCCCOc1ccccc1NCc1ccc(C(=O)O)cc1. The molecule has 0 amide bonds. The fourth-order valence-corrected chi connectivity index (χ4v) is 2.09. The number of para-hydroxylation sites is 2. The zero-order valence-electron chi connectivity index (χ0n) is 13.1. The topological polar surface area (TPSA) is 67.8 Å². The monoisotopic (exact) mass is 315 g/mol. The molecule has 0 saturated carbocycles. The van der Waals surface area contributed by atoms with Gasteiger partial charge in [0.05, 0.1) is 17.9 Å². The molecule has 0 aliphatic carbocycles. The van der Waals surface area contributed by atoms with Gasteiger partial charge in [0.1, 0.15) is 5.75 Å². The van der Waals surface area contributed by atoms with Crippen molar-refractivity contribution in [3.8, 4) is 5.75 Å². The molecule has 2 aromatic rings. The van der Waals surface area contributed by atoms with Gasteiger partial charge in [-0.05, 0) is 29.8 Å². The summed E-state index contributed by atoms with van der Waals surface area (Å²) in [5.74, 6) is -0.120. The summed E-state index contributed by atoms with van der Waals surface area (Å²) >= 11 is 0. The van der Waals surface area contributed by atoms with Crippen molar-refractivity contribution in [2.24, 2.45) is 0 Å². The minimum atomic E-state index is -0.917. The second kappa shape index (κ2) is 8.80. The molecule has 0 aliphatic heterocycles. The predicted octanol–water partition coefficient (Wildman–Crippen LogP) is 3.41. The normalized spacial score (nSPS) is 10.3. The van der Waals surface area contributed by atoms with E-state index in [2.05, 4.69) is 5.32 Å². The zero-order chi connectivity index (χ0) is 16.5. The van der Waals surface area contributed by atoms with Crippen molar-refractivity contribution in [1.82, 2.24) is 0 Å². The van der Waals surface area contributed by atoms with Gasteiger partial charge in [0.2, 0.25) is 0 Å². The molecule has 23 heavy (non-hydrogen) atoms. The maximum absolute atomic E-state index is 10.8. The second-order valence-electron chi connectivity index (χ2n) is 5.05. The standard InChI is InChI=1S/C18H21NO4/c1-22-11-4-12-23-17-6-3-2-5-16(17)19-13-14-7-9-15(10-8-14)18(20)21/h2-3,5-10,19H,4,11-13H2,1H3,(H,20,21). The molecule has 0 spiro atoms. The van der Waals surface area contributed by atoms with Crippen molar-refractivity contribution in [1.29, 1.82) is 0 Å². The van der Waals surface area contributed by atoms with Gasteiger partial charge in [0.15, 0.2) is 0 Å². The van der Waals surface area contributed by atoms with Crippen LogP contribution in [-0.2, 0) is 11.3 Å². The Morgan fingerprint density at radius 3 is 2.52 bits per heavy atom. The van der Waals surface area contributed by atoms with Gasteiger partial charge in [-0.3, -0.25) is 0 Å². The summed E-state index contributed by atoms with van der Waals surface area (Å²) in [6.45, 7) is 1.86. The molecule has 0 atom stereocenters. The largest absolute Gasteiger partial charge is 0.491 e. The molecule has 2 aromatic carbocycles. The number of methoxy groups -OCH3 is 1. The van der Waals surface area contributed by atoms with Crippen LogP contribution in [0.5, 0.6) is 5.75 Å². The first kappa shape index (κ1) is 16.8. The van der Waals surface area contributed by atoms with Crippen LogP contribution < -0.4 is 10.1 Å². The van der Waals surface area contributed by atoms with E-state index in [0.717, 1.165) is 23.4 Å². The van der Waals surface area contributed by atoms with Gasteiger partial charge in [-0.15, -0.1) is 0 Å². The fraction of sp³-hybridized carbons (Fsp3) is 0.278. The van der Waals surface area contributed by atoms with Gasteiger partial charge in [0.25, 0.3) is 0 Å². The summed E-state index contributed by atoms with van der Waals surface area (Å²) in [5.41, 5.74) is 2.20. The number of aromatic carboxylic acids is 1. The molecule has 2 N–H and O–H groups in total. The minimum absolute atomic E-state index is 0.288. The van der Waals surface area contributed by atoms with E-state index in [4.69, 9.17) is 14.6 Å². The Balaban J connectivity index is 1.93. The van der Waals surface area contributed by atoms with Gasteiger partial charge in [-0.2, -0.15) is 0 Å². The van der Waals surface area contributed by atoms with E-state index >= 15 is 0 Å². The number of carboxylic acids is 1. The number of anilines is 1. The van der Waals surface area contributed by atoms with Crippen molar-refractivity contribution in [2.75, 3.05) is 25.6 Å². The lowest BCUT2D eigenvalue weighted by Crippen LogP contribution is -2.05. The highest BCUT2D eigenvalue weighted by Gasteiger charge is 2.04. The van der Waals surface area contributed by atoms with E-state index in [1.54, 1.807) is 31.4 Å². The van der Waals surface area contributed by atoms with Crippen LogP contribution in [0.2, 0.25) is 0 Å². The molecule has 0 unspecified atom stereocenters. The number of benzene rings is 2. The maximum Gasteiger partial charge on any atom is 0.335 e. The highest BCUT2D eigenvalue weighted by atomic mass is 16.5. The molecule has 5 heteroatoms. The lowest BCUT2D eigenvalue weighted by Gasteiger charge is -2.13. The van der Waals surface area contributed by atoms with Crippen molar-refractivity contribution >= 4 is 11.7 Å². The molecular formula is C18H21NO4. The zero-order valence-corrected chi connectivity index (χ0v) is 13.1. The van der Waals surface area contributed by atoms with Crippen molar-refractivity contribution < 1.29 is 19.4 Å². The van der Waals surface area contributed by atoms with E-state index < -0.39 is 5.97 Å². The number of hydrogen-bond acceptors (Lipinski definition) is 4. The van der Waals surface area contributed by atoms with Crippen LogP contribution in [0.1, 0.15) is 22.3 Å². The molecular weight excluding hydrogens is 294 g/mol. The molecule has 0 bridgehead atoms. The Morgan fingerprint density at radius 1 is 1.09 bits per heavy atom. The first-order valence-corrected chi connectivity index (χ1v) is 7.47. The Kier molecular flexibility index (Phi) is 6.44. The van der Waals surface area contributed by atoms with Crippen LogP contribution in [0.3, 0.4) is 0 Å².